The molecule has 2 aliphatic rings. The summed E-state index contributed by atoms with van der Waals surface area (Å²) in [5.41, 5.74) is -1.23. The van der Waals surface area contributed by atoms with Gasteiger partial charge in [-0.25, -0.2) is 0 Å². The predicted molar refractivity (Wildman–Crippen MR) is 86.9 cm³/mol. The molecule has 0 fully saturated rings. The van der Waals surface area contributed by atoms with E-state index in [2.05, 4.69) is 0 Å². The molecule has 1 aliphatic carbocycles. The molecule has 7 nitrogen and oxygen atoms in total. The van der Waals surface area contributed by atoms with E-state index in [9.17, 15) is 19.8 Å². The number of methoxy groups -OCH3 is 2. The standard InChI is InChI=1S/C18H20O7/c1-8-14(21)12(9(2)19)15(22)13-16(8)25-18(24-5)7-10(23-4)6-11(20)17(13,18)3/h6,21-22H,7H2,1-5H3. The van der Waals surface area contributed by atoms with Gasteiger partial charge in [0, 0.05) is 18.7 Å². The summed E-state index contributed by atoms with van der Waals surface area (Å²) in [5, 5.41) is 21.0. The molecular formula is C18H20O7. The largest absolute Gasteiger partial charge is 0.507 e. The second kappa shape index (κ2) is 5.23. The average Bonchev–Trinajstić information content (AvgIpc) is 2.83. The van der Waals surface area contributed by atoms with E-state index in [0.717, 1.165) is 0 Å². The number of Topliss-reactive ketones (excluding diaryl/α,β-unsaturated/α-hetero) is 1. The molecule has 2 atom stereocenters. The van der Waals surface area contributed by atoms with Crippen molar-refractivity contribution in [2.45, 2.75) is 38.4 Å². The van der Waals surface area contributed by atoms with Crippen LogP contribution in [-0.4, -0.2) is 41.8 Å². The smallest absolute Gasteiger partial charge is 0.234 e. The molecule has 0 aromatic heterocycles. The summed E-state index contributed by atoms with van der Waals surface area (Å²) >= 11 is 0. The van der Waals surface area contributed by atoms with Crippen molar-refractivity contribution in [1.29, 1.82) is 0 Å². The maximum absolute atomic E-state index is 12.9. The molecule has 25 heavy (non-hydrogen) atoms. The lowest BCUT2D eigenvalue weighted by Crippen LogP contribution is -2.57. The highest BCUT2D eigenvalue weighted by molar-refractivity contribution is 6.06. The Balaban J connectivity index is 2.40. The molecule has 0 amide bonds. The zero-order valence-electron chi connectivity index (χ0n) is 14.7. The Morgan fingerprint density at radius 2 is 1.92 bits per heavy atom. The summed E-state index contributed by atoms with van der Waals surface area (Å²) in [5.74, 6) is -2.66. The highest BCUT2D eigenvalue weighted by Gasteiger charge is 2.66. The molecule has 1 heterocycles. The average molecular weight is 348 g/mol. The van der Waals surface area contributed by atoms with Gasteiger partial charge in [-0.2, -0.15) is 0 Å². The fourth-order valence-corrected chi connectivity index (χ4v) is 3.75. The number of fused-ring (bicyclic) bond motifs is 3. The summed E-state index contributed by atoms with van der Waals surface area (Å²) in [6, 6.07) is 0. The normalized spacial score (nSPS) is 27.2. The summed E-state index contributed by atoms with van der Waals surface area (Å²) < 4.78 is 16.8. The number of ketones is 2. The molecular weight excluding hydrogens is 328 g/mol. The van der Waals surface area contributed by atoms with Gasteiger partial charge in [0.05, 0.1) is 19.1 Å². The van der Waals surface area contributed by atoms with E-state index in [1.54, 1.807) is 13.8 Å². The Bertz CT molecular complexity index is 839. The van der Waals surface area contributed by atoms with Crippen LogP contribution in [0.4, 0.5) is 0 Å². The second-order valence-electron chi connectivity index (χ2n) is 6.50. The van der Waals surface area contributed by atoms with Crippen molar-refractivity contribution in [3.8, 4) is 17.2 Å². The van der Waals surface area contributed by atoms with Gasteiger partial charge in [-0.15, -0.1) is 0 Å². The Labute approximate surface area is 144 Å². The summed E-state index contributed by atoms with van der Waals surface area (Å²) in [7, 11) is 2.84. The van der Waals surface area contributed by atoms with Gasteiger partial charge in [0.1, 0.15) is 34.0 Å². The van der Waals surface area contributed by atoms with Crippen LogP contribution in [0.2, 0.25) is 0 Å². The minimum Gasteiger partial charge on any atom is -0.507 e. The number of benzene rings is 1. The highest BCUT2D eigenvalue weighted by Crippen LogP contribution is 2.60. The molecule has 0 radical (unpaired) electrons. The number of hydrogen-bond acceptors (Lipinski definition) is 7. The van der Waals surface area contributed by atoms with Crippen molar-refractivity contribution in [2.24, 2.45) is 0 Å². The van der Waals surface area contributed by atoms with E-state index in [4.69, 9.17) is 14.2 Å². The van der Waals surface area contributed by atoms with E-state index < -0.39 is 22.7 Å². The number of aromatic hydroxyl groups is 2. The van der Waals surface area contributed by atoms with Crippen LogP contribution in [0, 0.1) is 6.92 Å². The maximum Gasteiger partial charge on any atom is 0.234 e. The molecule has 0 spiro atoms. The lowest BCUT2D eigenvalue weighted by atomic mass is 9.67. The first-order valence-corrected chi connectivity index (χ1v) is 7.77. The van der Waals surface area contributed by atoms with Gasteiger partial charge in [0.15, 0.2) is 11.6 Å². The summed E-state index contributed by atoms with van der Waals surface area (Å²) in [6.07, 6.45) is 1.47. The topological polar surface area (TPSA) is 102 Å². The molecule has 2 unspecified atom stereocenters. The fraction of sp³-hybridized carbons (Fsp3) is 0.444. The van der Waals surface area contributed by atoms with Crippen molar-refractivity contribution >= 4 is 11.6 Å². The lowest BCUT2D eigenvalue weighted by Gasteiger charge is -2.42. The van der Waals surface area contributed by atoms with Crippen molar-refractivity contribution in [3.63, 3.8) is 0 Å². The number of allylic oxidation sites excluding steroid dienone is 1. The molecule has 7 heteroatoms. The highest BCUT2D eigenvalue weighted by atomic mass is 16.7. The minimum atomic E-state index is -1.45. The van der Waals surface area contributed by atoms with Crippen LogP contribution in [0.15, 0.2) is 11.8 Å². The molecule has 1 aromatic rings. The monoisotopic (exact) mass is 348 g/mol. The van der Waals surface area contributed by atoms with Crippen LogP contribution >= 0.6 is 0 Å². The molecule has 1 aliphatic heterocycles. The maximum atomic E-state index is 12.9. The second-order valence-corrected chi connectivity index (χ2v) is 6.50. The van der Waals surface area contributed by atoms with Gasteiger partial charge in [-0.3, -0.25) is 9.59 Å². The molecule has 0 saturated heterocycles. The first kappa shape index (κ1) is 17.3. The summed E-state index contributed by atoms with van der Waals surface area (Å²) in [4.78, 5) is 24.9. The van der Waals surface area contributed by atoms with Crippen LogP contribution in [-0.2, 0) is 19.7 Å². The first-order valence-electron chi connectivity index (χ1n) is 7.77. The Hall–Kier alpha value is -2.54. The first-order chi connectivity index (χ1) is 11.6. The van der Waals surface area contributed by atoms with Crippen molar-refractivity contribution in [3.05, 3.63) is 28.5 Å². The Kier molecular flexibility index (Phi) is 3.61. The van der Waals surface area contributed by atoms with Crippen LogP contribution in [0.5, 0.6) is 17.2 Å². The van der Waals surface area contributed by atoms with E-state index in [1.807, 2.05) is 0 Å². The van der Waals surface area contributed by atoms with Crippen LogP contribution in [0.3, 0.4) is 0 Å². The van der Waals surface area contributed by atoms with E-state index >= 15 is 0 Å². The van der Waals surface area contributed by atoms with Gasteiger partial charge < -0.3 is 24.4 Å². The van der Waals surface area contributed by atoms with Crippen molar-refractivity contribution in [2.75, 3.05) is 14.2 Å². The minimum absolute atomic E-state index is 0.131. The fourth-order valence-electron chi connectivity index (χ4n) is 3.75. The van der Waals surface area contributed by atoms with E-state index in [0.29, 0.717) is 5.76 Å². The number of phenolic OH excluding ortho intramolecular Hbond substituents is 2. The molecule has 0 saturated carbocycles. The Morgan fingerprint density at radius 3 is 2.44 bits per heavy atom. The van der Waals surface area contributed by atoms with Crippen molar-refractivity contribution in [1.82, 2.24) is 0 Å². The van der Waals surface area contributed by atoms with Gasteiger partial charge >= 0.3 is 0 Å². The molecule has 3 rings (SSSR count). The molecule has 1 aromatic carbocycles. The number of carbonyl (C=O) groups is 2. The molecule has 2 N–H and O–H groups in total. The van der Waals surface area contributed by atoms with E-state index in [1.165, 1.54) is 27.2 Å². The number of rotatable bonds is 3. The third-order valence-electron chi connectivity index (χ3n) is 5.30. The van der Waals surface area contributed by atoms with Gasteiger partial charge in [-0.1, -0.05) is 0 Å². The molecule has 0 bridgehead atoms. The number of carbonyl (C=O) groups excluding carboxylic acids is 2. The van der Waals surface area contributed by atoms with Crippen LogP contribution in [0.1, 0.15) is 41.8 Å². The van der Waals surface area contributed by atoms with Crippen LogP contribution < -0.4 is 4.74 Å². The zero-order chi connectivity index (χ0) is 18.7. The third kappa shape index (κ3) is 1.90. The summed E-state index contributed by atoms with van der Waals surface area (Å²) in [6.45, 7) is 4.38. The lowest BCUT2D eigenvalue weighted by molar-refractivity contribution is -0.199. The van der Waals surface area contributed by atoms with Gasteiger partial charge in [0.25, 0.3) is 0 Å². The molecule has 134 valence electrons. The Morgan fingerprint density at radius 1 is 1.28 bits per heavy atom. The van der Waals surface area contributed by atoms with Crippen LogP contribution in [0.25, 0.3) is 0 Å². The van der Waals surface area contributed by atoms with E-state index in [-0.39, 0.29) is 40.4 Å². The number of phenols is 2. The predicted octanol–water partition coefficient (Wildman–Crippen LogP) is 2.10. The van der Waals surface area contributed by atoms with Gasteiger partial charge in [-0.05, 0) is 20.8 Å². The van der Waals surface area contributed by atoms with Gasteiger partial charge in [0.2, 0.25) is 5.79 Å². The quantitative estimate of drug-likeness (QED) is 0.807. The number of hydrogen-bond donors (Lipinski definition) is 2. The SMILES string of the molecule is COC1=CC(=O)C2(C)c3c(O)c(C(C)=O)c(O)c(C)c3OC2(OC)C1. The number of ether oxygens (including phenoxy) is 3. The third-order valence-corrected chi connectivity index (χ3v) is 5.30. The zero-order valence-corrected chi connectivity index (χ0v) is 14.7. The van der Waals surface area contributed by atoms with Crippen molar-refractivity contribution < 1.29 is 34.0 Å².